The van der Waals surface area contributed by atoms with Gasteiger partial charge in [-0.15, -0.1) is 11.8 Å². The van der Waals surface area contributed by atoms with Gasteiger partial charge in [-0.3, -0.25) is 9.69 Å². The highest BCUT2D eigenvalue weighted by atomic mass is 35.5. The van der Waals surface area contributed by atoms with E-state index >= 15 is 0 Å². The van der Waals surface area contributed by atoms with E-state index in [0.717, 1.165) is 52.7 Å². The van der Waals surface area contributed by atoms with Crippen LogP contribution in [0, 0.1) is 0 Å². The summed E-state index contributed by atoms with van der Waals surface area (Å²) in [5.74, 6) is 1.71. The molecule has 0 aliphatic carbocycles. The van der Waals surface area contributed by atoms with Crippen molar-refractivity contribution in [2.24, 2.45) is 0 Å². The summed E-state index contributed by atoms with van der Waals surface area (Å²) < 4.78 is 0. The third-order valence-electron chi connectivity index (χ3n) is 4.83. The first kappa shape index (κ1) is 18.1. The minimum absolute atomic E-state index is 0.181. The van der Waals surface area contributed by atoms with E-state index < -0.39 is 0 Å². The highest BCUT2D eigenvalue weighted by Crippen LogP contribution is 2.33. The van der Waals surface area contributed by atoms with Gasteiger partial charge in [0, 0.05) is 21.4 Å². The molecular formula is C21H21ClN3OS+. The van der Waals surface area contributed by atoms with Gasteiger partial charge in [-0.2, -0.15) is 0 Å². The van der Waals surface area contributed by atoms with Crippen molar-refractivity contribution in [3.05, 3.63) is 65.8 Å². The van der Waals surface area contributed by atoms with Gasteiger partial charge in [-0.1, -0.05) is 41.9 Å². The lowest BCUT2D eigenvalue weighted by Crippen LogP contribution is -2.50. The van der Waals surface area contributed by atoms with Gasteiger partial charge in [0.25, 0.3) is 5.82 Å². The van der Waals surface area contributed by atoms with Crippen LogP contribution in [0.2, 0.25) is 5.02 Å². The number of hydrogen-bond donors (Lipinski definition) is 0. The second kappa shape index (κ2) is 8.19. The predicted octanol–water partition coefficient (Wildman–Crippen LogP) is 3.75. The number of aromatic nitrogens is 1. The number of thioether (sulfide) groups is 1. The van der Waals surface area contributed by atoms with Gasteiger partial charge in [0.2, 0.25) is 5.91 Å². The molecule has 0 bridgehead atoms. The number of halogens is 1. The second-order valence-electron chi connectivity index (χ2n) is 6.50. The Bertz CT molecular complexity index is 937. The van der Waals surface area contributed by atoms with E-state index in [4.69, 9.17) is 11.6 Å². The minimum atomic E-state index is 0.181. The fourth-order valence-electron chi connectivity index (χ4n) is 3.39. The van der Waals surface area contributed by atoms with Crippen LogP contribution in [0.3, 0.4) is 0 Å². The molecule has 1 N–H and O–H groups in total. The molecule has 4 nitrogen and oxygen atoms in total. The van der Waals surface area contributed by atoms with Crippen LogP contribution >= 0.6 is 23.4 Å². The lowest BCUT2D eigenvalue weighted by atomic mass is 10.1. The van der Waals surface area contributed by atoms with Gasteiger partial charge >= 0.3 is 0 Å². The van der Waals surface area contributed by atoms with Crippen molar-refractivity contribution in [3.63, 3.8) is 0 Å². The van der Waals surface area contributed by atoms with Crippen molar-refractivity contribution in [1.29, 1.82) is 0 Å². The van der Waals surface area contributed by atoms with Crippen LogP contribution in [0.4, 0.5) is 5.82 Å². The molecule has 0 atom stereocenters. The van der Waals surface area contributed by atoms with E-state index in [-0.39, 0.29) is 5.91 Å². The number of hydrogen-bond acceptors (Lipinski definition) is 3. The first-order chi connectivity index (χ1) is 13.2. The van der Waals surface area contributed by atoms with Gasteiger partial charge in [0.05, 0.1) is 25.0 Å². The summed E-state index contributed by atoms with van der Waals surface area (Å²) in [7, 11) is 0. The molecular weight excluding hydrogens is 378 g/mol. The summed E-state index contributed by atoms with van der Waals surface area (Å²) >= 11 is 7.95. The number of amides is 1. The molecule has 138 valence electrons. The second-order valence-corrected chi connectivity index (χ2v) is 7.92. The number of benzene rings is 2. The maximum atomic E-state index is 12.7. The zero-order valence-corrected chi connectivity index (χ0v) is 16.5. The summed E-state index contributed by atoms with van der Waals surface area (Å²) in [4.78, 5) is 21.2. The van der Waals surface area contributed by atoms with Crippen molar-refractivity contribution in [2.75, 3.05) is 36.8 Å². The Balaban J connectivity index is 1.37. The van der Waals surface area contributed by atoms with Gasteiger partial charge in [-0.05, 0) is 23.6 Å². The molecule has 0 saturated carbocycles. The molecule has 2 aromatic carbocycles. The molecule has 6 heteroatoms. The third kappa shape index (κ3) is 4.04. The quantitative estimate of drug-likeness (QED) is 0.628. The number of fused-ring (bicyclic) bond motifs is 1. The van der Waals surface area contributed by atoms with Crippen LogP contribution in [0.25, 0.3) is 10.8 Å². The molecule has 1 aromatic heterocycles. The monoisotopic (exact) mass is 398 g/mol. The van der Waals surface area contributed by atoms with Crippen LogP contribution in [0.5, 0.6) is 0 Å². The van der Waals surface area contributed by atoms with Crippen molar-refractivity contribution in [3.8, 4) is 0 Å². The van der Waals surface area contributed by atoms with E-state index in [9.17, 15) is 4.79 Å². The molecule has 1 fully saturated rings. The van der Waals surface area contributed by atoms with Crippen LogP contribution < -0.4 is 9.88 Å². The molecule has 0 spiro atoms. The Kier molecular flexibility index (Phi) is 5.50. The standard InChI is InChI=1S/C21H20ClN3OS/c22-17-7-3-5-16-6-4-8-18(21(16)17)27-15-20(26)25-13-11-24(12-14-25)19-9-1-2-10-23-19/h1-10H,11-15H2/p+1. The first-order valence-corrected chi connectivity index (χ1v) is 10.4. The maximum absolute atomic E-state index is 12.7. The summed E-state index contributed by atoms with van der Waals surface area (Å²) in [5.41, 5.74) is 0. The molecule has 1 amide bonds. The molecule has 4 rings (SSSR count). The lowest BCUT2D eigenvalue weighted by molar-refractivity contribution is -0.364. The average Bonchev–Trinajstić information content (AvgIpc) is 2.73. The number of pyridine rings is 1. The van der Waals surface area contributed by atoms with E-state index in [1.54, 1.807) is 11.8 Å². The SMILES string of the molecule is O=C(CSc1cccc2cccc(Cl)c12)N1CCN(c2cccc[nH+]2)CC1. The smallest absolute Gasteiger partial charge is 0.274 e. The normalized spacial score (nSPS) is 14.6. The van der Waals surface area contributed by atoms with E-state index in [1.807, 2.05) is 59.6 Å². The number of carbonyl (C=O) groups excluding carboxylic acids is 1. The van der Waals surface area contributed by atoms with Gasteiger partial charge in [-0.25, -0.2) is 4.98 Å². The Hall–Kier alpha value is -2.24. The largest absolute Gasteiger partial charge is 0.334 e. The molecule has 3 aromatic rings. The highest BCUT2D eigenvalue weighted by Gasteiger charge is 2.26. The summed E-state index contributed by atoms with van der Waals surface area (Å²) in [6.07, 6.45) is 1.93. The van der Waals surface area contributed by atoms with Crippen molar-refractivity contribution < 1.29 is 9.78 Å². The Labute approximate surface area is 168 Å². The fourth-order valence-corrected chi connectivity index (χ4v) is 4.74. The van der Waals surface area contributed by atoms with E-state index in [0.29, 0.717) is 5.75 Å². The molecule has 0 unspecified atom stereocenters. The maximum Gasteiger partial charge on any atom is 0.274 e. The summed E-state index contributed by atoms with van der Waals surface area (Å²) in [5, 5.41) is 2.87. The van der Waals surface area contributed by atoms with Crippen LogP contribution in [0.15, 0.2) is 65.7 Å². The van der Waals surface area contributed by atoms with E-state index in [2.05, 4.69) is 16.0 Å². The lowest BCUT2D eigenvalue weighted by Gasteiger charge is -2.31. The number of nitrogens with zero attached hydrogens (tertiary/aromatic N) is 2. The van der Waals surface area contributed by atoms with Gasteiger partial charge < -0.3 is 4.90 Å². The Morgan fingerprint density at radius 1 is 1.00 bits per heavy atom. The van der Waals surface area contributed by atoms with Crippen LogP contribution in [-0.4, -0.2) is 42.7 Å². The van der Waals surface area contributed by atoms with Gasteiger partial charge in [0.1, 0.15) is 13.1 Å². The van der Waals surface area contributed by atoms with E-state index in [1.165, 1.54) is 0 Å². The van der Waals surface area contributed by atoms with Gasteiger partial charge in [0.15, 0.2) is 0 Å². The zero-order valence-electron chi connectivity index (χ0n) is 14.9. The first-order valence-electron chi connectivity index (χ1n) is 9.02. The van der Waals surface area contributed by atoms with Crippen molar-refractivity contribution in [1.82, 2.24) is 4.90 Å². The zero-order chi connectivity index (χ0) is 18.6. The van der Waals surface area contributed by atoms with Crippen LogP contribution in [0.1, 0.15) is 0 Å². The number of anilines is 1. The number of rotatable bonds is 4. The summed E-state index contributed by atoms with van der Waals surface area (Å²) in [6.45, 7) is 3.19. The van der Waals surface area contributed by atoms with Crippen LogP contribution in [-0.2, 0) is 4.79 Å². The number of carbonyl (C=O) groups is 1. The Morgan fingerprint density at radius 2 is 1.78 bits per heavy atom. The highest BCUT2D eigenvalue weighted by molar-refractivity contribution is 8.00. The van der Waals surface area contributed by atoms with Crippen molar-refractivity contribution in [2.45, 2.75) is 4.90 Å². The topological polar surface area (TPSA) is 37.7 Å². The molecule has 0 radical (unpaired) electrons. The number of piperazine rings is 1. The fraction of sp³-hybridized carbons (Fsp3) is 0.238. The molecule has 2 heterocycles. The number of H-pyrrole nitrogens is 1. The average molecular weight is 399 g/mol. The number of nitrogens with one attached hydrogen (secondary N) is 1. The Morgan fingerprint density at radius 3 is 2.52 bits per heavy atom. The minimum Gasteiger partial charge on any atom is -0.334 e. The number of aromatic amines is 1. The molecule has 27 heavy (non-hydrogen) atoms. The molecule has 1 aliphatic rings. The molecule has 1 saturated heterocycles. The predicted molar refractivity (Wildman–Crippen MR) is 111 cm³/mol. The van der Waals surface area contributed by atoms with Crippen molar-refractivity contribution >= 4 is 45.9 Å². The third-order valence-corrected chi connectivity index (χ3v) is 6.19. The molecule has 1 aliphatic heterocycles. The summed E-state index contributed by atoms with van der Waals surface area (Å²) in [6, 6.07) is 18.1.